The van der Waals surface area contributed by atoms with Crippen molar-refractivity contribution in [1.29, 1.82) is 0 Å². The number of carbonyl (C=O) groups is 3. The molecule has 0 unspecified atom stereocenters. The average molecular weight is 525 g/mol. The van der Waals surface area contributed by atoms with Crippen molar-refractivity contribution >= 4 is 35.2 Å². The number of guanidine groups is 1. The second-order valence-electron chi connectivity index (χ2n) is 8.42. The minimum absolute atomic E-state index is 0.292. The zero-order chi connectivity index (χ0) is 27.3. The Morgan fingerprint density at radius 3 is 2.21 bits per heavy atom. The summed E-state index contributed by atoms with van der Waals surface area (Å²) in [6, 6.07) is 17.3. The zero-order valence-corrected chi connectivity index (χ0v) is 21.2. The number of carbonyl (C=O) groups excluding carboxylic acids is 1. The van der Waals surface area contributed by atoms with Crippen LogP contribution in [0.1, 0.15) is 10.4 Å². The van der Waals surface area contributed by atoms with Crippen LogP contribution in [0.2, 0.25) is 0 Å². The van der Waals surface area contributed by atoms with Crippen LogP contribution < -0.4 is 4.90 Å². The van der Waals surface area contributed by atoms with Crippen molar-refractivity contribution in [3.8, 4) is 0 Å². The van der Waals surface area contributed by atoms with E-state index in [1.807, 2.05) is 37.4 Å². The lowest BCUT2D eigenvalue weighted by atomic mass is 10.2. The standard InChI is InChI=1S/C23H28N4O3.C4H4O4/c1-25-11-12-27(15-18-30-22(28)19-7-3-2-4-8-19)23(25)24-20-9-5-6-10-21(20)26-13-16-29-17-14-26;5-3(6)1-2-4(7)8/h2-10H,11-18H2,1H3;1-2H,(H,5,6)(H,7,8)/b;2-1+. The van der Waals surface area contributed by atoms with E-state index in [2.05, 4.69) is 26.8 Å². The lowest BCUT2D eigenvalue weighted by Crippen LogP contribution is -2.36. The van der Waals surface area contributed by atoms with Gasteiger partial charge in [0.25, 0.3) is 0 Å². The minimum Gasteiger partial charge on any atom is -0.478 e. The van der Waals surface area contributed by atoms with Gasteiger partial charge in [-0.1, -0.05) is 30.3 Å². The number of rotatable bonds is 8. The van der Waals surface area contributed by atoms with Crippen molar-refractivity contribution in [2.24, 2.45) is 4.99 Å². The molecule has 202 valence electrons. The lowest BCUT2D eigenvalue weighted by molar-refractivity contribution is -0.134. The number of ether oxygens (including phenoxy) is 2. The van der Waals surface area contributed by atoms with Crippen LogP contribution >= 0.6 is 0 Å². The number of esters is 1. The number of carboxylic acids is 2. The van der Waals surface area contributed by atoms with E-state index in [9.17, 15) is 14.4 Å². The van der Waals surface area contributed by atoms with Gasteiger partial charge in [-0.3, -0.25) is 0 Å². The summed E-state index contributed by atoms with van der Waals surface area (Å²) >= 11 is 0. The first-order valence-electron chi connectivity index (χ1n) is 12.2. The number of aliphatic carboxylic acids is 2. The first kappa shape index (κ1) is 28.2. The highest BCUT2D eigenvalue weighted by Crippen LogP contribution is 2.30. The summed E-state index contributed by atoms with van der Waals surface area (Å²) in [5.74, 6) is -1.90. The van der Waals surface area contributed by atoms with Gasteiger partial charge in [0.05, 0.1) is 36.7 Å². The predicted molar refractivity (Wildman–Crippen MR) is 142 cm³/mol. The Hall–Kier alpha value is -4.38. The Morgan fingerprint density at radius 1 is 0.921 bits per heavy atom. The van der Waals surface area contributed by atoms with Gasteiger partial charge in [0.15, 0.2) is 0 Å². The maximum Gasteiger partial charge on any atom is 0.338 e. The number of hydrogen-bond acceptors (Lipinski definition) is 7. The van der Waals surface area contributed by atoms with E-state index in [0.29, 0.717) is 30.9 Å². The summed E-state index contributed by atoms with van der Waals surface area (Å²) in [6.07, 6.45) is 1.12. The van der Waals surface area contributed by atoms with Crippen LogP contribution in [0.4, 0.5) is 11.4 Å². The van der Waals surface area contributed by atoms with Gasteiger partial charge in [0.2, 0.25) is 5.96 Å². The van der Waals surface area contributed by atoms with Crippen LogP contribution in [-0.4, -0.2) is 103 Å². The molecule has 0 amide bonds. The molecule has 2 aliphatic rings. The molecule has 11 nitrogen and oxygen atoms in total. The Labute approximate surface area is 221 Å². The fraction of sp³-hybridized carbons (Fsp3) is 0.333. The van der Waals surface area contributed by atoms with Crippen molar-refractivity contribution in [1.82, 2.24) is 9.80 Å². The number of likely N-dealkylation sites (N-methyl/N-ethyl adjacent to an activating group) is 1. The molecule has 2 fully saturated rings. The van der Waals surface area contributed by atoms with E-state index in [-0.39, 0.29) is 5.97 Å². The molecule has 0 saturated carbocycles. The second kappa shape index (κ2) is 14.4. The summed E-state index contributed by atoms with van der Waals surface area (Å²) in [4.78, 5) is 42.9. The van der Waals surface area contributed by atoms with Crippen molar-refractivity contribution < 1.29 is 34.1 Å². The third-order valence-electron chi connectivity index (χ3n) is 5.76. The Balaban J connectivity index is 0.000000436. The van der Waals surface area contributed by atoms with Gasteiger partial charge >= 0.3 is 17.9 Å². The second-order valence-corrected chi connectivity index (χ2v) is 8.42. The Morgan fingerprint density at radius 2 is 1.55 bits per heavy atom. The van der Waals surface area contributed by atoms with Crippen molar-refractivity contribution in [2.75, 3.05) is 64.5 Å². The van der Waals surface area contributed by atoms with Gasteiger partial charge < -0.3 is 34.4 Å². The quantitative estimate of drug-likeness (QED) is 0.392. The van der Waals surface area contributed by atoms with Gasteiger partial charge in [-0.2, -0.15) is 0 Å². The van der Waals surface area contributed by atoms with E-state index in [1.165, 1.54) is 0 Å². The van der Waals surface area contributed by atoms with Crippen LogP contribution in [0, 0.1) is 0 Å². The van der Waals surface area contributed by atoms with Crippen LogP contribution in [0.25, 0.3) is 0 Å². The van der Waals surface area contributed by atoms with Gasteiger partial charge in [-0.15, -0.1) is 0 Å². The maximum atomic E-state index is 12.2. The van der Waals surface area contributed by atoms with Crippen molar-refractivity contribution in [3.05, 3.63) is 72.3 Å². The number of aliphatic imine (C=N–C) groups is 1. The van der Waals surface area contributed by atoms with E-state index in [0.717, 1.165) is 56.7 Å². The number of carboxylic acid groups (broad SMARTS) is 2. The molecule has 2 aromatic rings. The summed E-state index contributed by atoms with van der Waals surface area (Å²) in [7, 11) is 2.05. The zero-order valence-electron chi connectivity index (χ0n) is 21.2. The third-order valence-corrected chi connectivity index (χ3v) is 5.76. The van der Waals surface area contributed by atoms with E-state index < -0.39 is 11.9 Å². The Kier molecular flexibility index (Phi) is 10.7. The van der Waals surface area contributed by atoms with Crippen LogP contribution in [0.3, 0.4) is 0 Å². The third kappa shape index (κ3) is 8.63. The molecule has 2 aliphatic heterocycles. The fourth-order valence-corrected chi connectivity index (χ4v) is 3.87. The molecule has 0 atom stereocenters. The molecule has 4 rings (SSSR count). The predicted octanol–water partition coefficient (Wildman–Crippen LogP) is 2.33. The smallest absolute Gasteiger partial charge is 0.338 e. The molecule has 2 saturated heterocycles. The summed E-state index contributed by atoms with van der Waals surface area (Å²) < 4.78 is 11.0. The largest absolute Gasteiger partial charge is 0.478 e. The summed E-state index contributed by atoms with van der Waals surface area (Å²) in [6.45, 7) is 5.91. The first-order chi connectivity index (χ1) is 18.3. The number of hydrogen-bond donors (Lipinski definition) is 2. The molecular weight excluding hydrogens is 492 g/mol. The van der Waals surface area contributed by atoms with E-state index in [4.69, 9.17) is 24.7 Å². The van der Waals surface area contributed by atoms with E-state index in [1.54, 1.807) is 12.1 Å². The Bertz CT molecular complexity index is 1130. The van der Waals surface area contributed by atoms with Crippen LogP contribution in [0.5, 0.6) is 0 Å². The molecule has 38 heavy (non-hydrogen) atoms. The average Bonchev–Trinajstić information content (AvgIpc) is 3.27. The SMILES string of the molecule is CN1CCN(CCOC(=O)c2ccccc2)C1=Nc1ccccc1N1CCOCC1.O=C(O)/C=C/C(=O)O. The highest BCUT2D eigenvalue weighted by Gasteiger charge is 2.25. The van der Waals surface area contributed by atoms with Crippen molar-refractivity contribution in [3.63, 3.8) is 0 Å². The van der Waals surface area contributed by atoms with Gasteiger partial charge in [0.1, 0.15) is 6.61 Å². The molecule has 2 N–H and O–H groups in total. The van der Waals surface area contributed by atoms with Crippen LogP contribution in [0.15, 0.2) is 71.7 Å². The molecule has 11 heteroatoms. The molecule has 0 aromatic heterocycles. The number of morpholine rings is 1. The van der Waals surface area contributed by atoms with Gasteiger partial charge in [-0.25, -0.2) is 19.4 Å². The molecule has 2 aromatic carbocycles. The number of anilines is 1. The molecule has 0 radical (unpaired) electrons. The highest BCUT2D eigenvalue weighted by molar-refractivity contribution is 5.90. The lowest BCUT2D eigenvalue weighted by Gasteiger charge is -2.30. The molecule has 2 heterocycles. The number of nitrogens with zero attached hydrogens (tertiary/aromatic N) is 4. The molecular formula is C27H32N4O7. The van der Waals surface area contributed by atoms with Gasteiger partial charge in [-0.05, 0) is 24.3 Å². The highest BCUT2D eigenvalue weighted by atomic mass is 16.5. The minimum atomic E-state index is -1.26. The number of benzene rings is 2. The molecule has 0 bridgehead atoms. The van der Waals surface area contributed by atoms with Crippen molar-refractivity contribution in [2.45, 2.75) is 0 Å². The first-order valence-corrected chi connectivity index (χ1v) is 12.2. The molecule has 0 aliphatic carbocycles. The van der Waals surface area contributed by atoms with Crippen LogP contribution in [-0.2, 0) is 19.1 Å². The molecule has 0 spiro atoms. The maximum absolute atomic E-state index is 12.2. The summed E-state index contributed by atoms with van der Waals surface area (Å²) in [5.41, 5.74) is 2.66. The topological polar surface area (TPSA) is 132 Å². The normalized spacial score (nSPS) is 16.3. The fourth-order valence-electron chi connectivity index (χ4n) is 3.87. The van der Waals surface area contributed by atoms with E-state index >= 15 is 0 Å². The number of para-hydroxylation sites is 2. The summed E-state index contributed by atoms with van der Waals surface area (Å²) in [5, 5.41) is 15.6. The monoisotopic (exact) mass is 524 g/mol. The van der Waals surface area contributed by atoms with Gasteiger partial charge in [0, 0.05) is 45.4 Å².